The van der Waals surface area contributed by atoms with E-state index >= 15 is 0 Å². The fourth-order valence-electron chi connectivity index (χ4n) is 3.61. The number of hydrogen-bond acceptors (Lipinski definition) is 3. The molecule has 0 aromatic heterocycles. The van der Waals surface area contributed by atoms with Gasteiger partial charge in [-0.15, -0.1) is 0 Å². The van der Waals surface area contributed by atoms with Gasteiger partial charge in [0, 0.05) is 22.9 Å². The van der Waals surface area contributed by atoms with Crippen molar-refractivity contribution in [1.29, 1.82) is 0 Å². The zero-order valence-corrected chi connectivity index (χ0v) is 17.6. The van der Waals surface area contributed by atoms with E-state index in [9.17, 15) is 8.42 Å². The molecule has 1 aliphatic rings. The summed E-state index contributed by atoms with van der Waals surface area (Å²) in [5.74, 6) is 0.787. The van der Waals surface area contributed by atoms with Crippen molar-refractivity contribution < 1.29 is 13.2 Å². The van der Waals surface area contributed by atoms with Crippen LogP contribution in [0.2, 0.25) is 0 Å². The number of hydrogen-bond donors (Lipinski definition) is 0. The third kappa shape index (κ3) is 3.16. The van der Waals surface area contributed by atoms with Gasteiger partial charge < -0.3 is 4.74 Å². The quantitative estimate of drug-likeness (QED) is 0.588. The van der Waals surface area contributed by atoms with E-state index in [0.29, 0.717) is 24.4 Å². The summed E-state index contributed by atoms with van der Waals surface area (Å²) in [5, 5.41) is 2.07. The van der Waals surface area contributed by atoms with E-state index in [0.717, 1.165) is 32.1 Å². The third-order valence-electron chi connectivity index (χ3n) is 5.11. The van der Waals surface area contributed by atoms with Crippen molar-refractivity contribution in [2.45, 2.75) is 24.8 Å². The maximum atomic E-state index is 13.1. The lowest BCUT2D eigenvalue weighted by atomic mass is 9.96. The topological polar surface area (TPSA) is 46.6 Å². The molecule has 0 radical (unpaired) electrons. The Balaban J connectivity index is 1.77. The third-order valence-corrected chi connectivity index (χ3v) is 7.88. The molecule has 0 saturated carbocycles. The molecule has 0 N–H and O–H groups in total. The Morgan fingerprint density at radius 2 is 1.81 bits per heavy atom. The van der Waals surface area contributed by atoms with Gasteiger partial charge in [0.25, 0.3) is 0 Å². The lowest BCUT2D eigenvalue weighted by Gasteiger charge is -2.29. The van der Waals surface area contributed by atoms with Crippen LogP contribution in [0.25, 0.3) is 10.8 Å². The van der Waals surface area contributed by atoms with Crippen LogP contribution in [0.4, 0.5) is 0 Å². The molecule has 0 spiro atoms. The van der Waals surface area contributed by atoms with Gasteiger partial charge in [0.15, 0.2) is 0 Å². The second-order valence-electron chi connectivity index (χ2n) is 6.79. The minimum Gasteiger partial charge on any atom is -0.496 e. The van der Waals surface area contributed by atoms with Crippen LogP contribution in [0.3, 0.4) is 0 Å². The molecule has 0 aliphatic carbocycles. The van der Waals surface area contributed by atoms with E-state index in [4.69, 9.17) is 4.74 Å². The highest BCUT2D eigenvalue weighted by Crippen LogP contribution is 2.38. The molecule has 0 amide bonds. The molecular formula is C21H20BrNO3S. The van der Waals surface area contributed by atoms with E-state index < -0.39 is 10.0 Å². The Hall–Kier alpha value is -1.89. The summed E-state index contributed by atoms with van der Waals surface area (Å²) in [6.45, 7) is 2.78. The van der Waals surface area contributed by atoms with Crippen molar-refractivity contribution in [3.05, 3.63) is 69.7 Å². The van der Waals surface area contributed by atoms with Gasteiger partial charge in [0.1, 0.15) is 5.75 Å². The highest BCUT2D eigenvalue weighted by atomic mass is 79.9. The Kier molecular flexibility index (Phi) is 4.74. The maximum absolute atomic E-state index is 13.1. The first-order chi connectivity index (χ1) is 12.9. The van der Waals surface area contributed by atoms with Crippen LogP contribution >= 0.6 is 15.9 Å². The molecule has 6 heteroatoms. The summed E-state index contributed by atoms with van der Waals surface area (Å²) in [7, 11) is -1.87. The van der Waals surface area contributed by atoms with Crippen molar-refractivity contribution >= 4 is 36.7 Å². The summed E-state index contributed by atoms with van der Waals surface area (Å²) < 4.78 is 34.2. The fraction of sp³-hybridized carbons (Fsp3) is 0.238. The molecule has 27 heavy (non-hydrogen) atoms. The number of methoxy groups -OCH3 is 1. The van der Waals surface area contributed by atoms with Gasteiger partial charge in [-0.2, -0.15) is 4.31 Å². The molecule has 4 rings (SSSR count). The van der Waals surface area contributed by atoms with Gasteiger partial charge in [-0.1, -0.05) is 29.8 Å². The van der Waals surface area contributed by atoms with Gasteiger partial charge in [0.05, 0.1) is 12.0 Å². The molecule has 4 nitrogen and oxygen atoms in total. The summed E-state index contributed by atoms with van der Waals surface area (Å²) in [6, 6.07) is 15.0. The Morgan fingerprint density at radius 3 is 2.52 bits per heavy atom. The molecule has 140 valence electrons. The summed E-state index contributed by atoms with van der Waals surface area (Å²) in [6.07, 6.45) is 0.675. The molecule has 0 unspecified atom stereocenters. The maximum Gasteiger partial charge on any atom is 0.243 e. The van der Waals surface area contributed by atoms with Crippen molar-refractivity contribution in [2.24, 2.45) is 0 Å². The predicted octanol–water partition coefficient (Wildman–Crippen LogP) is 4.67. The van der Waals surface area contributed by atoms with Gasteiger partial charge in [-0.25, -0.2) is 8.42 Å². The Labute approximate surface area is 167 Å². The van der Waals surface area contributed by atoms with E-state index in [2.05, 4.69) is 28.1 Å². The number of halogens is 1. The minimum atomic E-state index is -3.52. The standard InChI is InChI=1S/C21H20BrNO3S/c1-14-6-8-16(9-7-14)27(24,25)23-11-10-17-15(13-23)12-19-18(21(17)22)4-3-5-20(19)26-2/h3-9,12H,10-11,13H2,1-2H3. The fourth-order valence-corrected chi connectivity index (χ4v) is 5.83. The molecule has 1 heterocycles. The Bertz CT molecular complexity index is 1120. The summed E-state index contributed by atoms with van der Waals surface area (Å²) in [4.78, 5) is 0.342. The van der Waals surface area contributed by atoms with Crippen LogP contribution in [0.1, 0.15) is 16.7 Å². The molecule has 0 fully saturated rings. The van der Waals surface area contributed by atoms with Gasteiger partial charge in [-0.3, -0.25) is 0 Å². The number of aryl methyl sites for hydroxylation is 1. The van der Waals surface area contributed by atoms with E-state index in [-0.39, 0.29) is 0 Å². The van der Waals surface area contributed by atoms with Gasteiger partial charge in [-0.05, 0) is 70.1 Å². The number of ether oxygens (including phenoxy) is 1. The average molecular weight is 446 g/mol. The van der Waals surface area contributed by atoms with Crippen LogP contribution in [-0.2, 0) is 23.0 Å². The highest BCUT2D eigenvalue weighted by molar-refractivity contribution is 9.10. The summed E-state index contributed by atoms with van der Waals surface area (Å²) >= 11 is 3.73. The lowest BCUT2D eigenvalue weighted by Crippen LogP contribution is -2.36. The van der Waals surface area contributed by atoms with Crippen molar-refractivity contribution in [2.75, 3.05) is 13.7 Å². The largest absolute Gasteiger partial charge is 0.496 e. The SMILES string of the molecule is COc1cccc2c(Br)c3c(cc12)CN(S(=O)(=O)c1ccc(C)cc1)CC3. The number of rotatable bonds is 3. The molecule has 3 aromatic carbocycles. The monoisotopic (exact) mass is 445 g/mol. The predicted molar refractivity (Wildman–Crippen MR) is 111 cm³/mol. The first-order valence-corrected chi connectivity index (χ1v) is 11.0. The molecule has 1 aliphatic heterocycles. The van der Waals surface area contributed by atoms with Crippen molar-refractivity contribution in [1.82, 2.24) is 4.31 Å². The number of fused-ring (bicyclic) bond motifs is 2. The van der Waals surface area contributed by atoms with Crippen molar-refractivity contribution in [3.8, 4) is 5.75 Å². The molecule has 0 atom stereocenters. The molecule has 0 bridgehead atoms. The number of nitrogens with zero attached hydrogens (tertiary/aromatic N) is 1. The zero-order chi connectivity index (χ0) is 19.2. The molecule has 0 saturated heterocycles. The van der Waals surface area contributed by atoms with Crippen LogP contribution in [-0.4, -0.2) is 26.4 Å². The average Bonchev–Trinajstić information content (AvgIpc) is 2.67. The van der Waals surface area contributed by atoms with Gasteiger partial charge in [0.2, 0.25) is 10.0 Å². The van der Waals surface area contributed by atoms with E-state index in [1.54, 1.807) is 23.5 Å². The molecule has 3 aromatic rings. The number of sulfonamides is 1. The van der Waals surface area contributed by atoms with Crippen LogP contribution in [0, 0.1) is 6.92 Å². The summed E-state index contributed by atoms with van der Waals surface area (Å²) in [5.41, 5.74) is 3.23. The highest BCUT2D eigenvalue weighted by Gasteiger charge is 2.30. The second-order valence-corrected chi connectivity index (χ2v) is 9.52. The molecular weight excluding hydrogens is 426 g/mol. The van der Waals surface area contributed by atoms with Crippen LogP contribution in [0.5, 0.6) is 5.75 Å². The van der Waals surface area contributed by atoms with Gasteiger partial charge >= 0.3 is 0 Å². The zero-order valence-electron chi connectivity index (χ0n) is 15.2. The second kappa shape index (κ2) is 6.93. The van der Waals surface area contributed by atoms with E-state index in [1.807, 2.05) is 31.2 Å². The van der Waals surface area contributed by atoms with Crippen LogP contribution in [0.15, 0.2) is 57.9 Å². The lowest BCUT2D eigenvalue weighted by molar-refractivity contribution is 0.391. The number of benzene rings is 3. The first kappa shape index (κ1) is 18.5. The smallest absolute Gasteiger partial charge is 0.243 e. The van der Waals surface area contributed by atoms with Crippen LogP contribution < -0.4 is 4.74 Å². The normalized spacial score (nSPS) is 14.9. The van der Waals surface area contributed by atoms with Crippen molar-refractivity contribution in [3.63, 3.8) is 0 Å². The van der Waals surface area contributed by atoms with E-state index in [1.165, 1.54) is 5.56 Å². The minimum absolute atomic E-state index is 0.342. The first-order valence-electron chi connectivity index (χ1n) is 8.75. The Morgan fingerprint density at radius 1 is 1.07 bits per heavy atom.